The number of rotatable bonds is 2. The molecule has 1 aromatic rings. The Bertz CT molecular complexity index is 621. The van der Waals surface area contributed by atoms with Crippen molar-refractivity contribution in [3.63, 3.8) is 0 Å². The lowest BCUT2D eigenvalue weighted by atomic mass is 9.76. The molecule has 4 heteroatoms. The van der Waals surface area contributed by atoms with Crippen molar-refractivity contribution in [1.82, 2.24) is 14.9 Å². The molecule has 1 N–H and O–H groups in total. The molecule has 1 spiro atoms. The molecule has 3 rings (SSSR count). The fourth-order valence-corrected chi connectivity index (χ4v) is 3.83. The van der Waals surface area contributed by atoms with E-state index in [-0.39, 0.29) is 11.0 Å². The van der Waals surface area contributed by atoms with Gasteiger partial charge in [-0.15, -0.1) is 0 Å². The van der Waals surface area contributed by atoms with Crippen molar-refractivity contribution in [3.8, 4) is 0 Å². The van der Waals surface area contributed by atoms with Gasteiger partial charge in [-0.3, -0.25) is 9.69 Å². The molecule has 0 atom stereocenters. The first kappa shape index (κ1) is 14.5. The maximum Gasteiger partial charge on any atom is 0.254 e. The Morgan fingerprint density at radius 3 is 2.76 bits per heavy atom. The van der Waals surface area contributed by atoms with E-state index in [1.165, 1.54) is 5.57 Å². The molecule has 0 amide bonds. The van der Waals surface area contributed by atoms with Gasteiger partial charge in [-0.2, -0.15) is 0 Å². The fourth-order valence-electron chi connectivity index (χ4n) is 3.83. The number of aryl methyl sites for hydroxylation is 1. The van der Waals surface area contributed by atoms with Crippen molar-refractivity contribution < 1.29 is 0 Å². The number of nitrogens with zero attached hydrogens (tertiary/aromatic N) is 2. The Labute approximate surface area is 126 Å². The summed E-state index contributed by atoms with van der Waals surface area (Å²) in [6, 6.07) is 0. The van der Waals surface area contributed by atoms with E-state index >= 15 is 0 Å². The Morgan fingerprint density at radius 2 is 2.10 bits per heavy atom. The second-order valence-corrected chi connectivity index (χ2v) is 6.67. The Kier molecular flexibility index (Phi) is 3.74. The minimum atomic E-state index is 0.0848. The zero-order valence-electron chi connectivity index (χ0n) is 13.3. The van der Waals surface area contributed by atoms with Gasteiger partial charge in [0.15, 0.2) is 0 Å². The maximum atomic E-state index is 12.1. The van der Waals surface area contributed by atoms with Crippen LogP contribution in [0.2, 0.25) is 0 Å². The van der Waals surface area contributed by atoms with Gasteiger partial charge in [0.25, 0.3) is 5.56 Å². The minimum absolute atomic E-state index is 0.0848. The van der Waals surface area contributed by atoms with Gasteiger partial charge in [-0.25, -0.2) is 4.98 Å². The third kappa shape index (κ3) is 2.57. The molecule has 1 aliphatic heterocycles. The van der Waals surface area contributed by atoms with Crippen LogP contribution >= 0.6 is 0 Å². The zero-order chi connectivity index (χ0) is 15.0. The number of fused-ring (bicyclic) bond motifs is 2. The number of hydrogen-bond donors (Lipinski definition) is 1. The summed E-state index contributed by atoms with van der Waals surface area (Å²) in [6.07, 6.45) is 6.45. The predicted octanol–water partition coefficient (Wildman–Crippen LogP) is 2.32. The number of hydrogen-bond acceptors (Lipinski definition) is 3. The number of allylic oxidation sites excluding steroid dienone is 1. The highest BCUT2D eigenvalue weighted by Gasteiger charge is 2.43. The molecule has 0 radical (unpaired) electrons. The molecule has 0 saturated carbocycles. The lowest BCUT2D eigenvalue weighted by Crippen LogP contribution is -2.42. The normalized spacial score (nSPS) is 21.8. The lowest BCUT2D eigenvalue weighted by Gasteiger charge is -2.39. The molecule has 1 saturated heterocycles. The Morgan fingerprint density at radius 1 is 1.38 bits per heavy atom. The monoisotopic (exact) mass is 287 g/mol. The van der Waals surface area contributed by atoms with Crippen LogP contribution in [0.1, 0.15) is 50.2 Å². The van der Waals surface area contributed by atoms with E-state index in [1.807, 2.05) is 6.92 Å². The van der Waals surface area contributed by atoms with Crippen LogP contribution in [-0.4, -0.2) is 34.5 Å². The van der Waals surface area contributed by atoms with E-state index in [0.29, 0.717) is 0 Å². The SMILES string of the molecule is C/C=C(\C)CN1CCC2(CCc3c2nc(C)[nH]c3=O)CC1. The number of piperidine rings is 1. The molecule has 21 heavy (non-hydrogen) atoms. The van der Waals surface area contributed by atoms with Crippen LogP contribution in [0.3, 0.4) is 0 Å². The third-order valence-corrected chi connectivity index (χ3v) is 5.27. The van der Waals surface area contributed by atoms with E-state index in [4.69, 9.17) is 4.98 Å². The van der Waals surface area contributed by atoms with Crippen LogP contribution in [-0.2, 0) is 11.8 Å². The number of aromatic amines is 1. The largest absolute Gasteiger partial charge is 0.311 e. The van der Waals surface area contributed by atoms with Gasteiger partial charge in [-0.1, -0.05) is 11.6 Å². The summed E-state index contributed by atoms with van der Waals surface area (Å²) < 4.78 is 0. The second kappa shape index (κ2) is 5.41. The highest BCUT2D eigenvalue weighted by molar-refractivity contribution is 5.33. The molecule has 0 unspecified atom stereocenters. The van der Waals surface area contributed by atoms with Gasteiger partial charge in [-0.05, 0) is 59.5 Å². The lowest BCUT2D eigenvalue weighted by molar-refractivity contribution is 0.166. The first-order chi connectivity index (χ1) is 10.0. The standard InChI is InChI=1S/C17H25N3O/c1-4-12(2)11-20-9-7-17(8-10-20)6-5-14-15(17)18-13(3)19-16(14)21/h4H,5-11H2,1-3H3,(H,18,19,21)/b12-4+. The van der Waals surface area contributed by atoms with Crippen molar-refractivity contribution >= 4 is 0 Å². The summed E-state index contributed by atoms with van der Waals surface area (Å²) in [4.78, 5) is 22.2. The van der Waals surface area contributed by atoms with Crippen LogP contribution in [0.4, 0.5) is 0 Å². The molecular weight excluding hydrogens is 262 g/mol. The van der Waals surface area contributed by atoms with Crippen molar-refractivity contribution in [3.05, 3.63) is 39.1 Å². The first-order valence-corrected chi connectivity index (χ1v) is 7.98. The molecule has 0 bridgehead atoms. The van der Waals surface area contributed by atoms with Crippen molar-refractivity contribution in [2.24, 2.45) is 0 Å². The van der Waals surface area contributed by atoms with Crippen LogP contribution in [0.25, 0.3) is 0 Å². The van der Waals surface area contributed by atoms with E-state index < -0.39 is 0 Å². The zero-order valence-corrected chi connectivity index (χ0v) is 13.3. The van der Waals surface area contributed by atoms with Crippen molar-refractivity contribution in [1.29, 1.82) is 0 Å². The molecule has 1 aliphatic carbocycles. The Hall–Kier alpha value is -1.42. The van der Waals surface area contributed by atoms with Gasteiger partial charge in [0.05, 0.1) is 5.69 Å². The van der Waals surface area contributed by atoms with Crippen molar-refractivity contribution in [2.45, 2.75) is 51.9 Å². The molecule has 114 valence electrons. The van der Waals surface area contributed by atoms with Gasteiger partial charge < -0.3 is 4.98 Å². The van der Waals surface area contributed by atoms with Crippen LogP contribution in [0.5, 0.6) is 0 Å². The third-order valence-electron chi connectivity index (χ3n) is 5.27. The summed E-state index contributed by atoms with van der Waals surface area (Å²) in [6.45, 7) is 9.47. The van der Waals surface area contributed by atoms with E-state index in [0.717, 1.165) is 62.4 Å². The predicted molar refractivity (Wildman–Crippen MR) is 84.7 cm³/mol. The smallest absolute Gasteiger partial charge is 0.254 e. The maximum absolute atomic E-state index is 12.1. The van der Waals surface area contributed by atoms with E-state index in [2.05, 4.69) is 29.8 Å². The Balaban J connectivity index is 1.80. The first-order valence-electron chi connectivity index (χ1n) is 7.98. The second-order valence-electron chi connectivity index (χ2n) is 6.67. The molecule has 2 aliphatic rings. The van der Waals surface area contributed by atoms with Gasteiger partial charge in [0.1, 0.15) is 5.82 Å². The quantitative estimate of drug-likeness (QED) is 0.849. The minimum Gasteiger partial charge on any atom is -0.311 e. The number of H-pyrrole nitrogens is 1. The van der Waals surface area contributed by atoms with Gasteiger partial charge in [0.2, 0.25) is 0 Å². The van der Waals surface area contributed by atoms with Gasteiger partial charge >= 0.3 is 0 Å². The summed E-state index contributed by atoms with van der Waals surface area (Å²) >= 11 is 0. The van der Waals surface area contributed by atoms with Crippen LogP contribution in [0.15, 0.2) is 16.4 Å². The molecular formula is C17H25N3O. The average Bonchev–Trinajstić information content (AvgIpc) is 2.81. The summed E-state index contributed by atoms with van der Waals surface area (Å²) in [5.74, 6) is 0.757. The molecule has 0 aromatic carbocycles. The highest BCUT2D eigenvalue weighted by atomic mass is 16.1. The fraction of sp³-hybridized carbons (Fsp3) is 0.647. The summed E-state index contributed by atoms with van der Waals surface area (Å²) in [5, 5.41) is 0. The topological polar surface area (TPSA) is 49.0 Å². The highest BCUT2D eigenvalue weighted by Crippen LogP contribution is 2.44. The van der Waals surface area contributed by atoms with E-state index in [1.54, 1.807) is 0 Å². The molecule has 1 fully saturated rings. The summed E-state index contributed by atoms with van der Waals surface area (Å²) in [5.41, 5.74) is 3.73. The van der Waals surface area contributed by atoms with Crippen molar-refractivity contribution in [2.75, 3.05) is 19.6 Å². The van der Waals surface area contributed by atoms with E-state index in [9.17, 15) is 4.79 Å². The molecule has 4 nitrogen and oxygen atoms in total. The average molecular weight is 287 g/mol. The van der Waals surface area contributed by atoms with Crippen LogP contribution < -0.4 is 5.56 Å². The summed E-state index contributed by atoms with van der Waals surface area (Å²) in [7, 11) is 0. The molecule has 2 heterocycles. The van der Waals surface area contributed by atoms with Crippen LogP contribution in [0, 0.1) is 6.92 Å². The van der Waals surface area contributed by atoms with Gasteiger partial charge in [0, 0.05) is 17.5 Å². The number of likely N-dealkylation sites (tertiary alicyclic amines) is 1. The number of nitrogens with one attached hydrogen (secondary N) is 1. The molecule has 1 aromatic heterocycles. The number of aromatic nitrogens is 2.